The third kappa shape index (κ3) is 30.3. The van der Waals surface area contributed by atoms with Gasteiger partial charge in [0.15, 0.2) is 6.04 Å². The number of fused-ring (bicyclic) bond motifs is 5. The van der Waals surface area contributed by atoms with Crippen molar-refractivity contribution in [2.24, 2.45) is 17.6 Å². The molecule has 18 atom stereocenters. The van der Waals surface area contributed by atoms with Crippen molar-refractivity contribution >= 4 is 148 Å². The molecule has 1 aromatic heterocycles. The van der Waals surface area contributed by atoms with Gasteiger partial charge in [0, 0.05) is 112 Å². The molecular weight excluding hydrogens is 1740 g/mol. The molecule has 17 N–H and O–H groups in total. The number of aromatic nitrogens is 1. The number of carboxylic acid groups (broad SMARTS) is 1. The number of para-hydroxylation sites is 1. The summed E-state index contributed by atoms with van der Waals surface area (Å²) in [4.78, 5) is 192. The quantitative estimate of drug-likeness (QED) is 0.0172. The van der Waals surface area contributed by atoms with Crippen molar-refractivity contribution in [3.05, 3.63) is 148 Å². The number of carboxylic acids is 1. The number of benzene rings is 4. The van der Waals surface area contributed by atoms with Gasteiger partial charge in [-0.15, -0.1) is 0 Å². The molecule has 40 heteroatoms. The first kappa shape index (κ1) is 102. The van der Waals surface area contributed by atoms with E-state index in [1.54, 1.807) is 92.9 Å². The number of carbonyl (C=O) groups is 13. The Labute approximate surface area is 757 Å². The van der Waals surface area contributed by atoms with E-state index in [2.05, 4.69) is 52.8 Å². The number of carbonyl (C=O) groups excluding carboxylic acids is 12. The molecule has 11 amide bonds. The lowest BCUT2D eigenvalue weighted by atomic mass is 9.82. The van der Waals surface area contributed by atoms with Gasteiger partial charge in [-0.05, 0) is 113 Å². The molecule has 3 aliphatic heterocycles. The van der Waals surface area contributed by atoms with Gasteiger partial charge in [0.2, 0.25) is 59.1 Å². The van der Waals surface area contributed by atoms with Crippen molar-refractivity contribution in [3.63, 3.8) is 0 Å². The Balaban J connectivity index is 0.996. The number of unbranched alkanes of at least 4 members (excludes halogenated alkanes) is 1. The molecule has 4 heterocycles. The number of aliphatic carboxylic acids is 1. The van der Waals surface area contributed by atoms with E-state index < -0.39 is 204 Å². The maximum Gasteiger partial charge on any atom is 0.407 e. The second kappa shape index (κ2) is 50.0. The fourth-order valence-corrected chi connectivity index (χ4v) is 19.1. The van der Waals surface area contributed by atoms with Crippen molar-refractivity contribution in [3.8, 4) is 11.5 Å². The van der Waals surface area contributed by atoms with Crippen LogP contribution in [0.4, 0.5) is 10.5 Å². The van der Waals surface area contributed by atoms with Gasteiger partial charge in [-0.2, -0.15) is 0 Å². The molecule has 3 aliphatic rings. The van der Waals surface area contributed by atoms with Crippen LogP contribution in [0.2, 0.25) is 5.02 Å². The number of methoxy groups -OCH3 is 2. The summed E-state index contributed by atoms with van der Waals surface area (Å²) in [6.45, 7) is 9.11. The SMILES string of the molecule is COc1cc2cc(c1Cl)N(C)C(=O)C[C@H](OC(=O)[C@H](C)N(C)C(=O)CCSSCCC(=O)N[C@H](Cc1ccccc1)C(=O)NC1CSSC[C@@H](C(=O)N[C@H](C(=O)O)[C@@H](C)O)NC(=O)[C@H]([C@@H](C)O)NC(=O)[C@H](CCCCN)NC(=O)[C@@H](Cc3c[nH]c4ccccc34)NC(=O)[C@H](Cc3ccc(O)cc3)NC1=O)[C@@H](C)[C@@H](O)[C@H](C)[C@@H]1CC(NC(=O)O1)[C@H](OC)/C=C/C=C(\C)C2. The summed E-state index contributed by atoms with van der Waals surface area (Å²) in [6.07, 6.45) is -1.27. The summed E-state index contributed by atoms with van der Waals surface area (Å²) in [7, 11) is 10.0. The highest BCUT2D eigenvalue weighted by molar-refractivity contribution is 8.77. The Morgan fingerprint density at radius 2 is 1.43 bits per heavy atom. The molecule has 5 aromatic rings. The minimum absolute atomic E-state index is 0.0860. The number of phenols is 1. The maximum atomic E-state index is 15.3. The van der Waals surface area contributed by atoms with E-state index in [1.165, 1.54) is 97.8 Å². The van der Waals surface area contributed by atoms with Gasteiger partial charge in [-0.1, -0.05) is 153 Å². The largest absolute Gasteiger partial charge is 0.508 e. The fraction of sp³-hybridized carbons (Fsp3) is 0.506. The Morgan fingerprint density at radius 1 is 0.772 bits per heavy atom. The third-order valence-electron chi connectivity index (χ3n) is 22.2. The summed E-state index contributed by atoms with van der Waals surface area (Å²) in [6, 6.07) is 9.98. The standard InChI is InChI=1S/C87H116ClN13O22S4/c1-46-19-18-25-67(120-9)60-41-68(123-87(119)97-60)47(2)77(108)48(3)69(42-73(107)101(8)66-38-54(35-46)39-70(121-10)74(66)88)122-86(118)49(4)100(7)72(106)31-34-125-124-33-30-71(105)91-61(36-52-20-12-11-13-21-52)79(110)95-64-44-126-127-45-65(83(114)99-76(51(6)103)85(116)117)96-84(115)75(50(5)102)98-78(109)59(24-16-17-32-89)92-81(112)63(40-55-43-90-58-23-15-14-22-57(55)58)94-80(111)62(93-82(64)113)37-53-26-28-56(104)29-27-53/h11-15,18-23,25-29,38-39,43,47-51,59-65,67-69,75-77,90,102-104,108H,16-17,24,30-37,40-42,44-45,89H2,1-10H3,(H,91,105)(H,92,112)(H,93,113)(H,94,111)(H,95,110)(H,96,115)(H,97,119)(H,98,109)(H,99,114)(H,116,117)/b25-18+,46-19+/t47-,48-,49+,50-,51-,59+,60?,61-,62+,63-,64?,65+,67-,68+,69+,75+,76+,77+/m1/s1. The highest BCUT2D eigenvalue weighted by Gasteiger charge is 2.44. The number of aliphatic hydroxyl groups is 3. The summed E-state index contributed by atoms with van der Waals surface area (Å²) >= 11 is 6.88. The summed E-state index contributed by atoms with van der Waals surface area (Å²) in [5.41, 5.74) is 10.0. The number of esters is 1. The van der Waals surface area contributed by atoms with Gasteiger partial charge in [0.25, 0.3) is 0 Å². The molecule has 0 aliphatic carbocycles. The Kier molecular flexibility index (Phi) is 40.3. The second-order valence-corrected chi connectivity index (χ2v) is 37.3. The molecule has 35 nitrogen and oxygen atoms in total. The Bertz CT molecular complexity index is 4710. The Hall–Kier alpha value is -10.1. The van der Waals surface area contributed by atoms with Gasteiger partial charge < -0.3 is 113 Å². The highest BCUT2D eigenvalue weighted by Crippen LogP contribution is 2.38. The molecule has 2 saturated heterocycles. The van der Waals surface area contributed by atoms with Crippen LogP contribution in [0.1, 0.15) is 109 Å². The normalized spacial score (nSPS) is 24.7. The van der Waals surface area contributed by atoms with Crippen LogP contribution in [0, 0.1) is 11.8 Å². The van der Waals surface area contributed by atoms with Crippen LogP contribution in [0.15, 0.2) is 121 Å². The number of anilines is 1. The minimum Gasteiger partial charge on any atom is -0.508 e. The average Bonchev–Trinajstić information content (AvgIpc) is 1.62. The van der Waals surface area contributed by atoms with Crippen molar-refractivity contribution in [2.75, 3.05) is 62.8 Å². The number of hydrogen-bond donors (Lipinski definition) is 16. The molecule has 2 unspecified atom stereocenters. The second-order valence-electron chi connectivity index (χ2n) is 31.7. The zero-order valence-corrected chi connectivity index (χ0v) is 76.4. The number of aliphatic hydroxyl groups excluding tert-OH is 3. The summed E-state index contributed by atoms with van der Waals surface area (Å²) in [5, 5.41) is 78.7. The number of phenolic OH excluding ortho intramolecular Hbond substituents is 1. The van der Waals surface area contributed by atoms with Crippen molar-refractivity contribution in [1.82, 2.24) is 57.7 Å². The lowest BCUT2D eigenvalue weighted by Gasteiger charge is -2.39. The molecular formula is C87H116ClN13O22S4. The number of ether oxygens (including phenoxy) is 4. The van der Waals surface area contributed by atoms with Crippen LogP contribution in [0.25, 0.3) is 10.9 Å². The predicted molar refractivity (Wildman–Crippen MR) is 484 cm³/mol. The van der Waals surface area contributed by atoms with Crippen molar-refractivity contribution in [2.45, 2.75) is 209 Å². The first-order valence-corrected chi connectivity index (χ1v) is 47.0. The smallest absolute Gasteiger partial charge is 0.407 e. The van der Waals surface area contributed by atoms with Crippen LogP contribution in [-0.2, 0) is 97.4 Å². The van der Waals surface area contributed by atoms with Crippen LogP contribution >= 0.6 is 54.8 Å². The molecule has 4 bridgehead atoms. The molecule has 0 saturated carbocycles. The number of nitrogens with one attached hydrogen (secondary N) is 10. The number of H-pyrrole nitrogens is 1. The van der Waals surface area contributed by atoms with Gasteiger partial charge in [0.1, 0.15) is 77.1 Å². The number of likely N-dealkylation sites (N-methyl/N-ethyl adjacent to an activating group) is 1. The number of nitrogens with two attached hydrogens (primary N) is 1. The van der Waals surface area contributed by atoms with Gasteiger partial charge in [-0.25, -0.2) is 14.4 Å². The van der Waals surface area contributed by atoms with Gasteiger partial charge in [0.05, 0.1) is 49.7 Å². The topological polar surface area (TPSA) is 517 Å². The molecule has 4 aromatic carbocycles. The zero-order chi connectivity index (χ0) is 92.9. The number of hydrogen-bond acceptors (Lipinski definition) is 26. The lowest BCUT2D eigenvalue weighted by Crippen LogP contribution is -2.62. The van der Waals surface area contributed by atoms with E-state index in [4.69, 9.17) is 36.3 Å². The van der Waals surface area contributed by atoms with Crippen LogP contribution in [0.5, 0.6) is 11.5 Å². The van der Waals surface area contributed by atoms with E-state index in [-0.39, 0.29) is 80.2 Å². The molecule has 2 fully saturated rings. The fourth-order valence-electron chi connectivity index (χ4n) is 14.5. The van der Waals surface area contributed by atoms with Gasteiger partial charge in [-0.3, -0.25) is 47.9 Å². The summed E-state index contributed by atoms with van der Waals surface area (Å²) < 4.78 is 23.4. The van der Waals surface area contributed by atoms with E-state index in [9.17, 15) is 68.7 Å². The highest BCUT2D eigenvalue weighted by atomic mass is 35.5. The number of rotatable bonds is 30. The third-order valence-corrected chi connectivity index (χ3v) is 27.4. The van der Waals surface area contributed by atoms with Crippen molar-refractivity contribution in [1.29, 1.82) is 0 Å². The minimum atomic E-state index is -1.91. The number of allylic oxidation sites excluding steroid dienone is 3. The van der Waals surface area contributed by atoms with Crippen LogP contribution in [-0.4, -0.2) is 267 Å². The monoisotopic (exact) mass is 1860 g/mol. The first-order chi connectivity index (χ1) is 60.5. The number of halogens is 1. The number of aromatic hydroxyl groups is 1. The first-order valence-electron chi connectivity index (χ1n) is 41.7. The van der Waals surface area contributed by atoms with Crippen LogP contribution < -0.4 is 63.2 Å². The number of aromatic amines is 1. The van der Waals surface area contributed by atoms with E-state index in [0.717, 1.165) is 39.6 Å². The molecule has 0 spiro atoms. The molecule has 127 heavy (non-hydrogen) atoms. The molecule has 8 rings (SSSR count). The number of alkyl carbamates (subject to hydrolysis) is 1. The molecule has 692 valence electrons. The average molecular weight is 1860 g/mol. The van der Waals surface area contributed by atoms with Gasteiger partial charge >= 0.3 is 18.0 Å². The maximum absolute atomic E-state index is 15.3. The van der Waals surface area contributed by atoms with E-state index in [1.807, 2.05) is 19.1 Å². The van der Waals surface area contributed by atoms with Crippen molar-refractivity contribution < 1.29 is 107 Å². The van der Waals surface area contributed by atoms with Crippen LogP contribution in [0.3, 0.4) is 0 Å². The number of nitrogens with zero attached hydrogens (tertiary/aromatic N) is 2. The Morgan fingerprint density at radius 3 is 2.09 bits per heavy atom. The lowest BCUT2D eigenvalue weighted by molar-refractivity contribution is -0.164. The predicted octanol–water partition coefficient (Wildman–Crippen LogP) is 4.36. The molecule has 0 radical (unpaired) electrons. The number of amides is 11. The zero-order valence-electron chi connectivity index (χ0n) is 72.3. The summed E-state index contributed by atoms with van der Waals surface area (Å²) in [5.74, 6) is -13.3. The van der Waals surface area contributed by atoms with E-state index in [0.29, 0.717) is 51.9 Å². The van der Waals surface area contributed by atoms with E-state index >= 15 is 19.2 Å².